The maximum absolute atomic E-state index is 6.57. The minimum Gasteiger partial charge on any atom is -0.456 e. The number of rotatable bonds is 13. The van der Waals surface area contributed by atoms with Gasteiger partial charge in [-0.05, 0) is 155 Å². The molecule has 0 spiro atoms. The summed E-state index contributed by atoms with van der Waals surface area (Å²) in [6.07, 6.45) is 0. The van der Waals surface area contributed by atoms with Crippen molar-refractivity contribution >= 4 is 131 Å². The first-order valence-electron chi connectivity index (χ1n) is 46.0. The van der Waals surface area contributed by atoms with Crippen molar-refractivity contribution in [2.45, 2.75) is 0 Å². The standard InChI is InChI=1S/C45H28N4O.2C39H24N4O/c1-3-13-29(14-4-1)31-17-9-18-32(27-31)44-46-43(30-15-5-2-6-16-30)47-45(48-44)33-19-10-20-34(28-33)49-37-23-11-22-36-35-21-7-8-25-39(35)50-40-26-12-24-38(49)42(40)41(36)37;1-3-12-25(13-4-1)37-40-38(26-14-5-2-6-15-26)42-39(41-37)27-16-9-17-28(24-27)43-31-20-10-19-30-29-18-7-8-22-33(29)44-34-23-11-21-32(43)36(34)35(30)31;1-3-11-25(12-4-1)37-40-38(26-13-5-2-6-14-26)42-39(41-37)27-21-23-28(24-22-27)43-31-17-9-16-30-29-15-7-8-19-33(29)44-34-20-10-18-32(43)36(34)35(30)31/h1-28H;2*1-24H. The second kappa shape index (κ2) is 33.7. The van der Waals surface area contributed by atoms with E-state index in [2.05, 4.69) is 281 Å². The van der Waals surface area contributed by atoms with Crippen LogP contribution in [-0.2, 0) is 0 Å². The lowest BCUT2D eigenvalue weighted by atomic mass is 10.0. The van der Waals surface area contributed by atoms with Crippen molar-refractivity contribution in [3.63, 3.8) is 0 Å². The second-order valence-corrected chi connectivity index (χ2v) is 34.2. The van der Waals surface area contributed by atoms with Crippen LogP contribution in [0.2, 0.25) is 0 Å². The van der Waals surface area contributed by atoms with Crippen LogP contribution in [-0.4, -0.2) is 58.6 Å². The normalized spacial score (nSPS) is 11.6. The van der Waals surface area contributed by atoms with Gasteiger partial charge in [-0.1, -0.05) is 334 Å². The fraction of sp³-hybridized carbons (Fsp3) is 0. The summed E-state index contributed by atoms with van der Waals surface area (Å²) in [5, 5.41) is 13.7. The summed E-state index contributed by atoms with van der Waals surface area (Å²) in [6.45, 7) is 0. The van der Waals surface area contributed by atoms with Gasteiger partial charge in [0.15, 0.2) is 52.4 Å². The van der Waals surface area contributed by atoms with Crippen molar-refractivity contribution in [1.29, 1.82) is 0 Å². The predicted molar refractivity (Wildman–Crippen MR) is 559 cm³/mol. The van der Waals surface area contributed by atoms with Crippen LogP contribution in [0.1, 0.15) is 0 Å². The zero-order valence-electron chi connectivity index (χ0n) is 74.0. The Kier molecular flexibility index (Phi) is 19.5. The predicted octanol–water partition coefficient (Wildman–Crippen LogP) is 31.3. The van der Waals surface area contributed by atoms with Gasteiger partial charge >= 0.3 is 0 Å². The first-order chi connectivity index (χ1) is 68.4. The molecule has 0 atom stereocenters. The zero-order chi connectivity index (χ0) is 91.1. The van der Waals surface area contributed by atoms with E-state index in [1.165, 1.54) is 26.9 Å². The molecule has 0 aliphatic heterocycles. The smallest absolute Gasteiger partial charge is 0.164 e. The van der Waals surface area contributed by atoms with Gasteiger partial charge in [0.1, 0.15) is 33.5 Å². The number of hydrogen-bond donors (Lipinski definition) is 0. The summed E-state index contributed by atoms with van der Waals surface area (Å²) in [7, 11) is 0. The Hall–Kier alpha value is -19.0. The van der Waals surface area contributed by atoms with E-state index in [0.29, 0.717) is 52.4 Å². The summed E-state index contributed by atoms with van der Waals surface area (Å²) in [6, 6.07) is 158. The Balaban J connectivity index is 0.000000107. The molecule has 0 unspecified atom stereocenters. The lowest BCUT2D eigenvalue weighted by Crippen LogP contribution is -2.01. The zero-order valence-corrected chi connectivity index (χ0v) is 74.0. The molecule has 0 aliphatic carbocycles. The molecule has 19 aromatic carbocycles. The summed E-state index contributed by atoms with van der Waals surface area (Å²) in [5.74, 6) is 5.71. The van der Waals surface area contributed by atoms with Gasteiger partial charge in [0.25, 0.3) is 0 Å². The number of nitrogens with zero attached hydrogens (tertiary/aromatic N) is 12. The van der Waals surface area contributed by atoms with Gasteiger partial charge in [0.2, 0.25) is 0 Å². The number of para-hydroxylation sites is 3. The number of aromatic nitrogens is 12. The minimum absolute atomic E-state index is 0.612. The Bertz CT molecular complexity index is 9480. The highest BCUT2D eigenvalue weighted by atomic mass is 16.3. The molecule has 646 valence electrons. The number of hydrogen-bond acceptors (Lipinski definition) is 12. The molecule has 0 bridgehead atoms. The van der Waals surface area contributed by atoms with Gasteiger partial charge in [-0.2, -0.15) is 0 Å². The van der Waals surface area contributed by atoms with Gasteiger partial charge in [0, 0.05) is 99.5 Å². The van der Waals surface area contributed by atoms with Crippen molar-refractivity contribution in [3.05, 3.63) is 461 Å². The van der Waals surface area contributed by atoms with Crippen LogP contribution in [0.5, 0.6) is 0 Å². The van der Waals surface area contributed by atoms with Crippen molar-refractivity contribution in [2.24, 2.45) is 0 Å². The second-order valence-electron chi connectivity index (χ2n) is 34.2. The van der Waals surface area contributed by atoms with E-state index in [4.69, 9.17) is 58.1 Å². The minimum atomic E-state index is 0.612. The molecule has 15 nitrogen and oxygen atoms in total. The van der Waals surface area contributed by atoms with E-state index in [-0.39, 0.29) is 0 Å². The van der Waals surface area contributed by atoms with Crippen LogP contribution in [0.25, 0.3) is 262 Å². The quantitative estimate of drug-likeness (QED) is 0.107. The molecule has 15 heteroatoms. The SMILES string of the molecule is c1ccc(-c2cccc(-c3nc(-c4ccccc4)nc(-c4cccc(-n5c6cccc7oc8ccccc8c8cccc5c8c76)c4)n3)c2)cc1.c1ccc(-c2nc(-c3ccccc3)nc(-c3ccc(-n4c5cccc6oc7ccccc7c7cccc4c7c65)cc3)n2)cc1.c1ccc(-c2nc(-c3ccccc3)nc(-c3cccc(-n4c5cccc6oc7ccccc7c7cccc4c7c65)c3)n2)cc1. The molecule has 0 radical (unpaired) electrons. The van der Waals surface area contributed by atoms with E-state index in [1.807, 2.05) is 194 Å². The van der Waals surface area contributed by atoms with Gasteiger partial charge in [-0.15, -0.1) is 0 Å². The molecule has 0 fully saturated rings. The Morgan fingerprint density at radius 3 is 0.659 bits per heavy atom. The fourth-order valence-corrected chi connectivity index (χ4v) is 19.7. The molecule has 0 N–H and O–H groups in total. The van der Waals surface area contributed by atoms with Crippen molar-refractivity contribution in [3.8, 4) is 131 Å². The summed E-state index contributed by atoms with van der Waals surface area (Å²) >= 11 is 0. The lowest BCUT2D eigenvalue weighted by Gasteiger charge is -2.12. The van der Waals surface area contributed by atoms with Gasteiger partial charge < -0.3 is 27.0 Å². The molecule has 0 aliphatic rings. The van der Waals surface area contributed by atoms with Crippen molar-refractivity contribution in [2.75, 3.05) is 0 Å². The van der Waals surface area contributed by atoms with Crippen LogP contribution in [0.3, 0.4) is 0 Å². The van der Waals surface area contributed by atoms with Crippen LogP contribution in [0.4, 0.5) is 0 Å². The topological polar surface area (TPSA) is 170 Å². The molecule has 0 saturated carbocycles. The summed E-state index contributed by atoms with van der Waals surface area (Å²) in [4.78, 5) is 44.6. The summed E-state index contributed by atoms with van der Waals surface area (Å²) in [5.41, 5.74) is 25.6. The first-order valence-corrected chi connectivity index (χ1v) is 46.0. The Labute approximate surface area is 789 Å². The first kappa shape index (κ1) is 79.9. The van der Waals surface area contributed by atoms with Crippen molar-refractivity contribution in [1.82, 2.24) is 58.6 Å². The third kappa shape index (κ3) is 14.1. The molecule has 0 amide bonds. The highest BCUT2D eigenvalue weighted by Gasteiger charge is 2.26. The molecule has 0 saturated heterocycles. The van der Waals surface area contributed by atoms with Crippen LogP contribution in [0.15, 0.2) is 474 Å². The molecule has 28 aromatic rings. The van der Waals surface area contributed by atoms with Crippen LogP contribution < -0.4 is 0 Å². The third-order valence-corrected chi connectivity index (χ3v) is 25.9. The highest BCUT2D eigenvalue weighted by molar-refractivity contribution is 6.29. The molecule has 28 rings (SSSR count). The van der Waals surface area contributed by atoms with E-state index >= 15 is 0 Å². The Morgan fingerprint density at radius 1 is 0.130 bits per heavy atom. The van der Waals surface area contributed by atoms with E-state index in [1.54, 1.807) is 0 Å². The van der Waals surface area contributed by atoms with Crippen molar-refractivity contribution < 1.29 is 13.3 Å². The average Bonchev–Trinajstić information content (AvgIpc) is 1.57. The molecule has 138 heavy (non-hydrogen) atoms. The van der Waals surface area contributed by atoms with Gasteiger partial charge in [0.05, 0.1) is 49.3 Å². The van der Waals surface area contributed by atoms with Crippen LogP contribution in [0, 0.1) is 0 Å². The van der Waals surface area contributed by atoms with E-state index < -0.39 is 0 Å². The van der Waals surface area contributed by atoms with Crippen LogP contribution >= 0.6 is 0 Å². The molecular weight excluding hydrogens is 1690 g/mol. The van der Waals surface area contributed by atoms with E-state index in [9.17, 15) is 0 Å². The summed E-state index contributed by atoms with van der Waals surface area (Å²) < 4.78 is 26.6. The molecular formula is C123H76N12O3. The maximum Gasteiger partial charge on any atom is 0.164 e. The highest BCUT2D eigenvalue weighted by Crippen LogP contribution is 2.47. The molecule has 9 aromatic heterocycles. The maximum atomic E-state index is 6.57. The van der Waals surface area contributed by atoms with E-state index in [0.717, 1.165) is 183 Å². The number of benzene rings is 19. The average molecular weight is 1770 g/mol. The number of fused-ring (bicyclic) bond motifs is 6. The van der Waals surface area contributed by atoms with Gasteiger partial charge in [-0.3, -0.25) is 0 Å². The van der Waals surface area contributed by atoms with Gasteiger partial charge in [-0.25, -0.2) is 44.9 Å². The lowest BCUT2D eigenvalue weighted by molar-refractivity contribution is 0.663. The third-order valence-electron chi connectivity index (χ3n) is 25.9. The molecule has 9 heterocycles. The monoisotopic (exact) mass is 1770 g/mol. The largest absolute Gasteiger partial charge is 0.456 e. The fourth-order valence-electron chi connectivity index (χ4n) is 19.7. The Morgan fingerprint density at radius 2 is 0.341 bits per heavy atom.